The fraction of sp³-hybridized carbons (Fsp3) is 0.143. The van der Waals surface area contributed by atoms with Crippen LogP contribution < -0.4 is 4.72 Å². The van der Waals surface area contributed by atoms with Crippen LogP contribution in [0.15, 0.2) is 47.4 Å². The van der Waals surface area contributed by atoms with Crippen LogP contribution in [0.3, 0.4) is 0 Å². The Hall–Kier alpha value is -1.95. The lowest BCUT2D eigenvalue weighted by molar-refractivity contribution is 0.504. The van der Waals surface area contributed by atoms with Gasteiger partial charge in [0.1, 0.15) is 0 Å². The van der Waals surface area contributed by atoms with Gasteiger partial charge in [0.2, 0.25) is 0 Å². The lowest BCUT2D eigenvalue weighted by Crippen LogP contribution is -2.13. The van der Waals surface area contributed by atoms with E-state index in [0.717, 1.165) is 24.1 Å². The van der Waals surface area contributed by atoms with E-state index in [1.54, 1.807) is 24.3 Å². The molecule has 20 heavy (non-hydrogen) atoms. The molecule has 0 atom stereocenters. The first-order chi connectivity index (χ1) is 9.42. The summed E-state index contributed by atoms with van der Waals surface area (Å²) in [5.41, 5.74) is 1.44. The highest BCUT2D eigenvalue weighted by Crippen LogP contribution is 2.18. The summed E-state index contributed by atoms with van der Waals surface area (Å²) in [6, 6.07) is 9.28. The van der Waals surface area contributed by atoms with Crippen molar-refractivity contribution in [3.63, 3.8) is 0 Å². The molecule has 2 rings (SSSR count). The molecular weight excluding hydrogens is 284 g/mol. The number of anilines is 1. The minimum absolute atomic E-state index is 0.323. The molecule has 0 saturated carbocycles. The maximum Gasteiger partial charge on any atom is 0.261 e. The van der Waals surface area contributed by atoms with E-state index < -0.39 is 21.7 Å². The topological polar surface area (TPSA) is 46.2 Å². The van der Waals surface area contributed by atoms with Crippen LogP contribution in [0.4, 0.5) is 14.5 Å². The van der Waals surface area contributed by atoms with Gasteiger partial charge in [-0.3, -0.25) is 4.72 Å². The Morgan fingerprint density at radius 1 is 1.00 bits per heavy atom. The first-order valence-electron chi connectivity index (χ1n) is 5.99. The molecule has 106 valence electrons. The Labute approximate surface area is 116 Å². The van der Waals surface area contributed by atoms with Crippen molar-refractivity contribution in [3.05, 3.63) is 59.7 Å². The molecule has 0 heterocycles. The number of benzene rings is 2. The molecular formula is C14H13F2NO2S. The average molecular weight is 297 g/mol. The first-order valence-corrected chi connectivity index (χ1v) is 7.47. The summed E-state index contributed by atoms with van der Waals surface area (Å²) in [6.07, 6.45) is 0.843. The van der Waals surface area contributed by atoms with Gasteiger partial charge in [-0.25, -0.2) is 17.2 Å². The molecule has 0 aliphatic carbocycles. The third-order valence-electron chi connectivity index (χ3n) is 2.82. The molecule has 0 saturated heterocycles. The van der Waals surface area contributed by atoms with E-state index in [2.05, 4.69) is 4.72 Å². The van der Waals surface area contributed by atoms with Gasteiger partial charge in [-0.05, 0) is 42.3 Å². The smallest absolute Gasteiger partial charge is 0.261 e. The van der Waals surface area contributed by atoms with Gasteiger partial charge in [0.25, 0.3) is 10.0 Å². The summed E-state index contributed by atoms with van der Waals surface area (Å²) >= 11 is 0. The molecule has 0 aliphatic rings. The maximum atomic E-state index is 13.1. The van der Waals surface area contributed by atoms with Gasteiger partial charge in [-0.15, -0.1) is 0 Å². The maximum absolute atomic E-state index is 13.1. The predicted molar refractivity (Wildman–Crippen MR) is 73.0 cm³/mol. The summed E-state index contributed by atoms with van der Waals surface area (Å²) in [6.45, 7) is 1.99. The van der Waals surface area contributed by atoms with Crippen LogP contribution in [0.2, 0.25) is 0 Å². The molecule has 1 N–H and O–H groups in total. The first kappa shape index (κ1) is 14.5. The Bertz CT molecular complexity index is 712. The molecule has 0 fully saturated rings. The fourth-order valence-corrected chi connectivity index (χ4v) is 2.74. The molecule has 0 aromatic heterocycles. The second-order valence-electron chi connectivity index (χ2n) is 4.23. The molecule has 0 spiro atoms. The molecule has 0 amide bonds. The van der Waals surface area contributed by atoms with Gasteiger partial charge in [0, 0.05) is 5.69 Å². The minimum Gasteiger partial charge on any atom is -0.280 e. The van der Waals surface area contributed by atoms with Crippen LogP contribution >= 0.6 is 0 Å². The van der Waals surface area contributed by atoms with Crippen LogP contribution in [-0.4, -0.2) is 8.42 Å². The third-order valence-corrected chi connectivity index (χ3v) is 4.19. The van der Waals surface area contributed by atoms with E-state index in [9.17, 15) is 17.2 Å². The van der Waals surface area contributed by atoms with Crippen molar-refractivity contribution in [3.8, 4) is 0 Å². The Morgan fingerprint density at radius 3 is 2.20 bits per heavy atom. The number of halogens is 2. The van der Waals surface area contributed by atoms with Crippen molar-refractivity contribution in [2.24, 2.45) is 0 Å². The molecule has 0 bridgehead atoms. The van der Waals surface area contributed by atoms with Crippen molar-refractivity contribution in [2.75, 3.05) is 4.72 Å². The third kappa shape index (κ3) is 3.14. The van der Waals surface area contributed by atoms with Gasteiger partial charge in [0.15, 0.2) is 11.6 Å². The van der Waals surface area contributed by atoms with Crippen molar-refractivity contribution in [1.29, 1.82) is 0 Å². The largest absolute Gasteiger partial charge is 0.280 e. The van der Waals surface area contributed by atoms with E-state index >= 15 is 0 Å². The molecule has 0 unspecified atom stereocenters. The highest BCUT2D eigenvalue weighted by molar-refractivity contribution is 7.92. The number of sulfonamides is 1. The van der Waals surface area contributed by atoms with Crippen LogP contribution in [0.5, 0.6) is 0 Å². The molecule has 0 aliphatic heterocycles. The van der Waals surface area contributed by atoms with Gasteiger partial charge in [-0.1, -0.05) is 19.1 Å². The van der Waals surface area contributed by atoms with Crippen molar-refractivity contribution in [2.45, 2.75) is 18.2 Å². The molecule has 6 heteroatoms. The second-order valence-corrected chi connectivity index (χ2v) is 5.91. The van der Waals surface area contributed by atoms with Gasteiger partial charge >= 0.3 is 0 Å². The normalized spacial score (nSPS) is 11.3. The quantitative estimate of drug-likeness (QED) is 0.941. The Balaban J connectivity index is 2.27. The molecule has 2 aromatic carbocycles. The van der Waals surface area contributed by atoms with Crippen LogP contribution in [0.1, 0.15) is 12.5 Å². The average Bonchev–Trinajstić information content (AvgIpc) is 2.42. The van der Waals surface area contributed by atoms with Crippen molar-refractivity contribution < 1.29 is 17.2 Å². The highest BCUT2D eigenvalue weighted by atomic mass is 32.2. The standard InChI is InChI=1S/C14H13F2NO2S/c1-2-10-3-5-11(6-4-10)17-20(18,19)12-7-8-13(15)14(16)9-12/h3-9,17H,2H2,1H3. The van der Waals surface area contributed by atoms with E-state index in [-0.39, 0.29) is 4.90 Å². The van der Waals surface area contributed by atoms with Crippen molar-refractivity contribution in [1.82, 2.24) is 0 Å². The van der Waals surface area contributed by atoms with E-state index in [1.165, 1.54) is 0 Å². The van der Waals surface area contributed by atoms with Crippen LogP contribution in [0, 0.1) is 11.6 Å². The summed E-state index contributed by atoms with van der Waals surface area (Å²) in [7, 11) is -3.93. The summed E-state index contributed by atoms with van der Waals surface area (Å²) in [5.74, 6) is -2.29. The Morgan fingerprint density at radius 2 is 1.65 bits per heavy atom. The number of hydrogen-bond acceptors (Lipinski definition) is 2. The number of rotatable bonds is 4. The lowest BCUT2D eigenvalue weighted by atomic mass is 10.2. The number of aryl methyl sites for hydroxylation is 1. The SMILES string of the molecule is CCc1ccc(NS(=O)(=O)c2ccc(F)c(F)c2)cc1. The fourth-order valence-electron chi connectivity index (χ4n) is 1.67. The van der Waals surface area contributed by atoms with E-state index in [1.807, 2.05) is 6.92 Å². The Kier molecular flexibility index (Phi) is 4.04. The van der Waals surface area contributed by atoms with E-state index in [4.69, 9.17) is 0 Å². The number of nitrogens with one attached hydrogen (secondary N) is 1. The van der Waals surface area contributed by atoms with Crippen LogP contribution in [-0.2, 0) is 16.4 Å². The minimum atomic E-state index is -3.93. The number of hydrogen-bond donors (Lipinski definition) is 1. The highest BCUT2D eigenvalue weighted by Gasteiger charge is 2.16. The zero-order valence-electron chi connectivity index (χ0n) is 10.7. The second kappa shape index (κ2) is 5.58. The lowest BCUT2D eigenvalue weighted by Gasteiger charge is -2.09. The summed E-state index contributed by atoms with van der Waals surface area (Å²) in [4.78, 5) is -0.323. The molecule has 3 nitrogen and oxygen atoms in total. The molecule has 2 aromatic rings. The van der Waals surface area contributed by atoms with Crippen LogP contribution in [0.25, 0.3) is 0 Å². The monoisotopic (exact) mass is 297 g/mol. The summed E-state index contributed by atoms with van der Waals surface area (Å²) in [5, 5.41) is 0. The van der Waals surface area contributed by atoms with Gasteiger partial charge < -0.3 is 0 Å². The van der Waals surface area contributed by atoms with E-state index in [0.29, 0.717) is 11.8 Å². The summed E-state index contributed by atoms with van der Waals surface area (Å²) < 4.78 is 52.2. The zero-order chi connectivity index (χ0) is 14.8. The zero-order valence-corrected chi connectivity index (χ0v) is 11.5. The predicted octanol–water partition coefficient (Wildman–Crippen LogP) is 3.33. The van der Waals surface area contributed by atoms with Gasteiger partial charge in [0.05, 0.1) is 4.90 Å². The van der Waals surface area contributed by atoms with Gasteiger partial charge in [-0.2, -0.15) is 0 Å². The van der Waals surface area contributed by atoms with Crippen molar-refractivity contribution >= 4 is 15.7 Å². The molecule has 0 radical (unpaired) electrons.